The topological polar surface area (TPSA) is 55.1 Å². The van der Waals surface area contributed by atoms with E-state index in [-0.39, 0.29) is 11.8 Å². The van der Waals surface area contributed by atoms with Crippen molar-refractivity contribution in [3.63, 3.8) is 0 Å². The number of nitrogens with one attached hydrogen (secondary N) is 1. The van der Waals surface area contributed by atoms with Gasteiger partial charge in [0.1, 0.15) is 0 Å². The van der Waals surface area contributed by atoms with Gasteiger partial charge in [-0.3, -0.25) is 4.79 Å². The van der Waals surface area contributed by atoms with Gasteiger partial charge in [0, 0.05) is 5.69 Å². The minimum Gasteiger partial charge on any atom is -0.324 e. The van der Waals surface area contributed by atoms with E-state index < -0.39 is 6.04 Å². The van der Waals surface area contributed by atoms with Crippen molar-refractivity contribution < 1.29 is 4.79 Å². The first kappa shape index (κ1) is 16.7. The summed E-state index contributed by atoms with van der Waals surface area (Å²) in [5.74, 6) is 0.747. The number of amides is 1. The summed E-state index contributed by atoms with van der Waals surface area (Å²) < 4.78 is 0. The van der Waals surface area contributed by atoms with Gasteiger partial charge >= 0.3 is 0 Å². The summed E-state index contributed by atoms with van der Waals surface area (Å²) >= 11 is 0. The van der Waals surface area contributed by atoms with Gasteiger partial charge in [-0.05, 0) is 28.9 Å². The number of nitrogens with two attached hydrogens (primary N) is 1. The smallest absolute Gasteiger partial charge is 0.241 e. The number of benzene rings is 1. The normalized spacial score (nSPS) is 13.1. The summed E-state index contributed by atoms with van der Waals surface area (Å²) in [6, 6.07) is 5.73. The molecule has 0 radical (unpaired) electrons. The van der Waals surface area contributed by atoms with Crippen LogP contribution in [0, 0.1) is 5.92 Å². The summed E-state index contributed by atoms with van der Waals surface area (Å²) in [6.07, 6.45) is 0. The Morgan fingerprint density at radius 2 is 1.45 bits per heavy atom. The first-order valence-electron chi connectivity index (χ1n) is 7.44. The predicted molar refractivity (Wildman–Crippen MR) is 86.1 cm³/mol. The second-order valence-corrected chi connectivity index (χ2v) is 6.38. The number of anilines is 1. The monoisotopic (exact) mass is 276 g/mol. The average Bonchev–Trinajstić information content (AvgIpc) is 2.37. The molecule has 3 nitrogen and oxygen atoms in total. The van der Waals surface area contributed by atoms with E-state index in [0.29, 0.717) is 11.8 Å². The molecule has 112 valence electrons. The lowest BCUT2D eigenvalue weighted by Crippen LogP contribution is -2.40. The highest BCUT2D eigenvalue weighted by Crippen LogP contribution is 2.32. The third-order valence-corrected chi connectivity index (χ3v) is 3.64. The molecule has 0 fully saturated rings. The van der Waals surface area contributed by atoms with E-state index in [1.807, 2.05) is 13.8 Å². The van der Waals surface area contributed by atoms with Crippen LogP contribution in [0.15, 0.2) is 18.2 Å². The van der Waals surface area contributed by atoms with Gasteiger partial charge in [-0.2, -0.15) is 0 Å². The number of hydrogen-bond acceptors (Lipinski definition) is 2. The van der Waals surface area contributed by atoms with Crippen LogP contribution in [0.4, 0.5) is 5.69 Å². The zero-order chi connectivity index (χ0) is 15.4. The molecule has 0 bridgehead atoms. The van der Waals surface area contributed by atoms with Crippen LogP contribution in [0.1, 0.15) is 64.5 Å². The number of hydrogen-bond donors (Lipinski definition) is 2. The molecular weight excluding hydrogens is 248 g/mol. The number of para-hydroxylation sites is 1. The van der Waals surface area contributed by atoms with E-state index >= 15 is 0 Å². The van der Waals surface area contributed by atoms with Gasteiger partial charge in [0.2, 0.25) is 5.91 Å². The second kappa shape index (κ2) is 6.89. The molecule has 0 heterocycles. The van der Waals surface area contributed by atoms with Crippen LogP contribution in [0.3, 0.4) is 0 Å². The van der Waals surface area contributed by atoms with Gasteiger partial charge in [0.15, 0.2) is 0 Å². The fraction of sp³-hybridized carbons (Fsp3) is 0.588. The average molecular weight is 276 g/mol. The predicted octanol–water partition coefficient (Wildman–Crippen LogP) is 3.86. The molecule has 0 aliphatic heterocycles. The lowest BCUT2D eigenvalue weighted by atomic mass is 9.92. The molecule has 0 saturated carbocycles. The van der Waals surface area contributed by atoms with E-state index in [2.05, 4.69) is 51.2 Å². The first-order valence-corrected chi connectivity index (χ1v) is 7.44. The van der Waals surface area contributed by atoms with Gasteiger partial charge in [0.05, 0.1) is 6.04 Å². The Morgan fingerprint density at radius 1 is 1.00 bits per heavy atom. The van der Waals surface area contributed by atoms with Crippen LogP contribution < -0.4 is 11.1 Å². The van der Waals surface area contributed by atoms with Crippen molar-refractivity contribution in [3.05, 3.63) is 29.3 Å². The summed E-state index contributed by atoms with van der Waals surface area (Å²) in [5.41, 5.74) is 9.23. The molecule has 3 heteroatoms. The highest BCUT2D eigenvalue weighted by molar-refractivity contribution is 5.96. The second-order valence-electron chi connectivity index (χ2n) is 6.38. The summed E-state index contributed by atoms with van der Waals surface area (Å²) in [7, 11) is 0. The Hall–Kier alpha value is -1.35. The van der Waals surface area contributed by atoms with Crippen molar-refractivity contribution >= 4 is 11.6 Å². The van der Waals surface area contributed by atoms with Gasteiger partial charge in [-0.25, -0.2) is 0 Å². The van der Waals surface area contributed by atoms with E-state index in [4.69, 9.17) is 5.73 Å². The van der Waals surface area contributed by atoms with Crippen LogP contribution >= 0.6 is 0 Å². The molecule has 3 N–H and O–H groups in total. The van der Waals surface area contributed by atoms with Crippen LogP contribution in [0.25, 0.3) is 0 Å². The van der Waals surface area contributed by atoms with Gasteiger partial charge < -0.3 is 11.1 Å². The van der Waals surface area contributed by atoms with Crippen molar-refractivity contribution in [2.45, 2.75) is 59.4 Å². The van der Waals surface area contributed by atoms with Crippen LogP contribution in [-0.2, 0) is 4.79 Å². The van der Waals surface area contributed by atoms with Crippen molar-refractivity contribution in [2.24, 2.45) is 11.7 Å². The molecule has 1 rings (SSSR count). The highest BCUT2D eigenvalue weighted by atomic mass is 16.2. The molecule has 1 aromatic carbocycles. The number of carbonyl (C=O) groups is 1. The molecule has 0 saturated heterocycles. The van der Waals surface area contributed by atoms with Crippen molar-refractivity contribution in [1.82, 2.24) is 0 Å². The first-order chi connectivity index (χ1) is 9.25. The molecule has 1 amide bonds. The standard InChI is InChI=1S/C17H28N2O/c1-10(2)13-8-7-9-14(11(3)4)16(13)19-17(20)15(18)12(5)6/h7-12,15H,18H2,1-6H3,(H,19,20)/t15-/m0/s1. The molecule has 0 aliphatic rings. The van der Waals surface area contributed by atoms with Crippen LogP contribution in [0.2, 0.25) is 0 Å². The molecule has 0 aliphatic carbocycles. The molecule has 1 aromatic rings. The number of rotatable bonds is 5. The van der Waals surface area contributed by atoms with Crippen molar-refractivity contribution in [3.8, 4) is 0 Å². The lowest BCUT2D eigenvalue weighted by Gasteiger charge is -2.22. The Morgan fingerprint density at radius 3 is 1.80 bits per heavy atom. The zero-order valence-corrected chi connectivity index (χ0v) is 13.5. The fourth-order valence-electron chi connectivity index (χ4n) is 2.20. The number of carbonyl (C=O) groups excluding carboxylic acids is 1. The van der Waals surface area contributed by atoms with Crippen LogP contribution in [-0.4, -0.2) is 11.9 Å². The zero-order valence-electron chi connectivity index (χ0n) is 13.5. The van der Waals surface area contributed by atoms with Gasteiger partial charge in [0.25, 0.3) is 0 Å². The minimum absolute atomic E-state index is 0.102. The van der Waals surface area contributed by atoms with Crippen molar-refractivity contribution in [2.75, 3.05) is 5.32 Å². The van der Waals surface area contributed by atoms with Crippen molar-refractivity contribution in [1.29, 1.82) is 0 Å². The quantitative estimate of drug-likeness (QED) is 0.858. The molecule has 20 heavy (non-hydrogen) atoms. The van der Waals surface area contributed by atoms with E-state index in [1.165, 1.54) is 11.1 Å². The fourth-order valence-corrected chi connectivity index (χ4v) is 2.20. The van der Waals surface area contributed by atoms with E-state index in [0.717, 1.165) is 5.69 Å². The molecule has 0 spiro atoms. The maximum Gasteiger partial charge on any atom is 0.241 e. The Bertz CT molecular complexity index is 438. The van der Waals surface area contributed by atoms with E-state index in [9.17, 15) is 4.79 Å². The third-order valence-electron chi connectivity index (χ3n) is 3.64. The Labute approximate surface area is 122 Å². The summed E-state index contributed by atoms with van der Waals surface area (Å²) in [5, 5.41) is 3.06. The maximum atomic E-state index is 12.3. The van der Waals surface area contributed by atoms with E-state index in [1.54, 1.807) is 0 Å². The van der Waals surface area contributed by atoms with Crippen LogP contribution in [0.5, 0.6) is 0 Å². The molecule has 1 atom stereocenters. The maximum absolute atomic E-state index is 12.3. The van der Waals surface area contributed by atoms with Gasteiger partial charge in [-0.1, -0.05) is 59.7 Å². The van der Waals surface area contributed by atoms with Gasteiger partial charge in [-0.15, -0.1) is 0 Å². The minimum atomic E-state index is -0.477. The SMILES string of the molecule is CC(C)c1cccc(C(C)C)c1NC(=O)[C@@H](N)C(C)C. The lowest BCUT2D eigenvalue weighted by molar-refractivity contribution is -0.118. The summed E-state index contributed by atoms with van der Waals surface area (Å²) in [6.45, 7) is 12.5. The Kier molecular flexibility index (Phi) is 5.75. The third kappa shape index (κ3) is 3.83. The largest absolute Gasteiger partial charge is 0.324 e. The molecular formula is C17H28N2O. The molecule has 0 aromatic heterocycles. The molecule has 0 unspecified atom stereocenters. The summed E-state index contributed by atoms with van der Waals surface area (Å²) in [4.78, 5) is 12.3. The highest BCUT2D eigenvalue weighted by Gasteiger charge is 2.21. The Balaban J connectivity index is 3.17.